The van der Waals surface area contributed by atoms with Crippen LogP contribution in [0.1, 0.15) is 43.0 Å². The summed E-state index contributed by atoms with van der Waals surface area (Å²) in [5, 5.41) is 3.03. The lowest BCUT2D eigenvalue weighted by atomic mass is 9.77. The van der Waals surface area contributed by atoms with Crippen molar-refractivity contribution in [2.75, 3.05) is 20.6 Å². The van der Waals surface area contributed by atoms with Gasteiger partial charge in [0.1, 0.15) is 5.82 Å². The monoisotopic (exact) mass is 383 g/mol. The van der Waals surface area contributed by atoms with E-state index in [4.69, 9.17) is 0 Å². The highest BCUT2D eigenvalue weighted by atomic mass is 19.1. The van der Waals surface area contributed by atoms with Crippen LogP contribution in [-0.2, 0) is 11.2 Å². The fourth-order valence-corrected chi connectivity index (χ4v) is 4.34. The standard InChI is InChI=1S/C23H30FN3O/c1-27(2)23(21-8-3-4-13-25-21)19-11-9-17(10-12-19)16-26-22(28)15-18-6-5-7-20(24)14-18/h3-8,13-14,17,19,23H,9-12,15-16H2,1-2H3,(H,26,28). The molecule has 0 bridgehead atoms. The van der Waals surface area contributed by atoms with Crippen LogP contribution >= 0.6 is 0 Å². The smallest absolute Gasteiger partial charge is 0.224 e. The summed E-state index contributed by atoms with van der Waals surface area (Å²) in [6, 6.07) is 12.7. The molecular formula is C23H30FN3O. The van der Waals surface area contributed by atoms with Gasteiger partial charge in [-0.2, -0.15) is 0 Å². The molecule has 1 aliphatic rings. The van der Waals surface area contributed by atoms with E-state index in [2.05, 4.69) is 41.4 Å². The Kier molecular flexibility index (Phi) is 7.15. The van der Waals surface area contributed by atoms with Crippen LogP contribution in [0.3, 0.4) is 0 Å². The van der Waals surface area contributed by atoms with Gasteiger partial charge < -0.3 is 10.2 Å². The number of hydrogen-bond donors (Lipinski definition) is 1. The van der Waals surface area contributed by atoms with Gasteiger partial charge in [0.05, 0.1) is 18.2 Å². The molecule has 0 saturated heterocycles. The lowest BCUT2D eigenvalue weighted by Crippen LogP contribution is -2.35. The van der Waals surface area contributed by atoms with Gasteiger partial charge in [0, 0.05) is 12.7 Å². The van der Waals surface area contributed by atoms with Gasteiger partial charge >= 0.3 is 0 Å². The molecule has 1 atom stereocenters. The molecular weight excluding hydrogens is 353 g/mol. The van der Waals surface area contributed by atoms with E-state index in [1.165, 1.54) is 12.1 Å². The van der Waals surface area contributed by atoms with Gasteiger partial charge in [0.25, 0.3) is 0 Å². The first-order valence-electron chi connectivity index (χ1n) is 10.1. The van der Waals surface area contributed by atoms with Crippen LogP contribution in [-0.4, -0.2) is 36.4 Å². The lowest BCUT2D eigenvalue weighted by molar-refractivity contribution is -0.120. The zero-order chi connectivity index (χ0) is 19.9. The third kappa shape index (κ3) is 5.61. The molecule has 3 rings (SSSR count). The maximum Gasteiger partial charge on any atom is 0.224 e. The molecule has 0 spiro atoms. The number of amides is 1. The number of rotatable bonds is 7. The third-order valence-corrected chi connectivity index (χ3v) is 5.73. The molecule has 4 nitrogen and oxygen atoms in total. The Morgan fingerprint density at radius 3 is 2.61 bits per heavy atom. The molecule has 1 N–H and O–H groups in total. The van der Waals surface area contributed by atoms with Crippen molar-refractivity contribution in [2.24, 2.45) is 11.8 Å². The quantitative estimate of drug-likeness (QED) is 0.786. The van der Waals surface area contributed by atoms with Gasteiger partial charge in [0.15, 0.2) is 0 Å². The summed E-state index contributed by atoms with van der Waals surface area (Å²) >= 11 is 0. The molecule has 1 aliphatic carbocycles. The second kappa shape index (κ2) is 9.78. The Bertz CT molecular complexity index is 757. The summed E-state index contributed by atoms with van der Waals surface area (Å²) in [6.07, 6.45) is 6.61. The van der Waals surface area contributed by atoms with Crippen LogP contribution in [0.15, 0.2) is 48.7 Å². The Morgan fingerprint density at radius 2 is 1.96 bits per heavy atom. The summed E-state index contributed by atoms with van der Waals surface area (Å²) < 4.78 is 13.2. The van der Waals surface area contributed by atoms with E-state index in [9.17, 15) is 9.18 Å². The molecule has 1 amide bonds. The maximum absolute atomic E-state index is 13.2. The van der Waals surface area contributed by atoms with Crippen molar-refractivity contribution in [1.29, 1.82) is 0 Å². The van der Waals surface area contributed by atoms with Crippen LogP contribution in [0.2, 0.25) is 0 Å². The van der Waals surface area contributed by atoms with Crippen LogP contribution < -0.4 is 5.32 Å². The number of carbonyl (C=O) groups excluding carboxylic acids is 1. The fourth-order valence-electron chi connectivity index (χ4n) is 4.34. The van der Waals surface area contributed by atoms with Gasteiger partial charge in [-0.25, -0.2) is 4.39 Å². The van der Waals surface area contributed by atoms with Gasteiger partial charge in [-0.1, -0.05) is 18.2 Å². The van der Waals surface area contributed by atoms with Crippen molar-refractivity contribution >= 4 is 5.91 Å². The summed E-state index contributed by atoms with van der Waals surface area (Å²) in [7, 11) is 4.25. The SMILES string of the molecule is CN(C)C(c1ccccn1)C1CCC(CNC(=O)Cc2cccc(F)c2)CC1. The lowest BCUT2D eigenvalue weighted by Gasteiger charge is -2.37. The van der Waals surface area contributed by atoms with Crippen molar-refractivity contribution in [1.82, 2.24) is 15.2 Å². The zero-order valence-corrected chi connectivity index (χ0v) is 16.8. The summed E-state index contributed by atoms with van der Waals surface area (Å²) in [5.74, 6) is 0.766. The molecule has 1 aromatic carbocycles. The number of halogens is 1. The van der Waals surface area contributed by atoms with Crippen LogP contribution in [0.25, 0.3) is 0 Å². The first-order chi connectivity index (χ1) is 13.5. The Morgan fingerprint density at radius 1 is 1.18 bits per heavy atom. The average Bonchev–Trinajstić information content (AvgIpc) is 2.68. The summed E-state index contributed by atoms with van der Waals surface area (Å²) in [6.45, 7) is 0.705. The maximum atomic E-state index is 13.2. The van der Waals surface area contributed by atoms with Crippen LogP contribution in [0.5, 0.6) is 0 Å². The molecule has 150 valence electrons. The summed E-state index contributed by atoms with van der Waals surface area (Å²) in [4.78, 5) is 19.0. The van der Waals surface area contributed by atoms with E-state index in [0.29, 0.717) is 30.0 Å². The van der Waals surface area contributed by atoms with E-state index in [0.717, 1.165) is 31.4 Å². The van der Waals surface area contributed by atoms with Crippen LogP contribution in [0, 0.1) is 17.7 Å². The Labute approximate surface area is 167 Å². The molecule has 28 heavy (non-hydrogen) atoms. The summed E-state index contributed by atoms with van der Waals surface area (Å²) in [5.41, 5.74) is 1.85. The van der Waals surface area contributed by atoms with Crippen molar-refractivity contribution in [2.45, 2.75) is 38.1 Å². The van der Waals surface area contributed by atoms with E-state index >= 15 is 0 Å². The van der Waals surface area contributed by atoms with Crippen molar-refractivity contribution < 1.29 is 9.18 Å². The minimum absolute atomic E-state index is 0.0348. The number of carbonyl (C=O) groups is 1. The van der Waals surface area contributed by atoms with E-state index in [-0.39, 0.29) is 18.1 Å². The van der Waals surface area contributed by atoms with Gasteiger partial charge in [-0.15, -0.1) is 0 Å². The Hall–Kier alpha value is -2.27. The first-order valence-corrected chi connectivity index (χ1v) is 10.1. The van der Waals surface area contributed by atoms with Crippen molar-refractivity contribution in [3.8, 4) is 0 Å². The molecule has 0 radical (unpaired) electrons. The van der Waals surface area contributed by atoms with E-state index < -0.39 is 0 Å². The van der Waals surface area contributed by atoms with Gasteiger partial charge in [-0.05, 0) is 81.4 Å². The van der Waals surface area contributed by atoms with Gasteiger partial charge in [0.2, 0.25) is 5.91 Å². The number of aromatic nitrogens is 1. The highest BCUT2D eigenvalue weighted by Crippen LogP contribution is 2.38. The zero-order valence-electron chi connectivity index (χ0n) is 16.8. The second-order valence-corrected chi connectivity index (χ2v) is 8.05. The molecule has 1 saturated carbocycles. The van der Waals surface area contributed by atoms with Crippen molar-refractivity contribution in [3.05, 3.63) is 65.7 Å². The van der Waals surface area contributed by atoms with Crippen LogP contribution in [0.4, 0.5) is 4.39 Å². The Balaban J connectivity index is 1.46. The normalized spacial score (nSPS) is 20.7. The molecule has 1 heterocycles. The average molecular weight is 384 g/mol. The molecule has 5 heteroatoms. The number of nitrogens with zero attached hydrogens (tertiary/aromatic N) is 2. The minimum Gasteiger partial charge on any atom is -0.356 e. The first kappa shape index (κ1) is 20.5. The topological polar surface area (TPSA) is 45.2 Å². The number of hydrogen-bond acceptors (Lipinski definition) is 3. The fraction of sp³-hybridized carbons (Fsp3) is 0.478. The largest absolute Gasteiger partial charge is 0.356 e. The molecule has 1 aromatic heterocycles. The minimum atomic E-state index is -0.299. The highest BCUT2D eigenvalue weighted by molar-refractivity contribution is 5.78. The van der Waals surface area contributed by atoms with E-state index in [1.807, 2.05) is 12.3 Å². The molecule has 1 fully saturated rings. The van der Waals surface area contributed by atoms with E-state index in [1.54, 1.807) is 12.1 Å². The molecule has 0 aliphatic heterocycles. The number of pyridine rings is 1. The second-order valence-electron chi connectivity index (χ2n) is 8.05. The third-order valence-electron chi connectivity index (χ3n) is 5.73. The number of benzene rings is 1. The van der Waals surface area contributed by atoms with Crippen molar-refractivity contribution in [3.63, 3.8) is 0 Å². The van der Waals surface area contributed by atoms with Gasteiger partial charge in [-0.3, -0.25) is 9.78 Å². The molecule has 1 unspecified atom stereocenters. The number of nitrogens with one attached hydrogen (secondary N) is 1. The predicted molar refractivity (Wildman–Crippen MR) is 109 cm³/mol. The predicted octanol–water partition coefficient (Wildman–Crippen LogP) is 3.99. The highest BCUT2D eigenvalue weighted by Gasteiger charge is 2.30. The molecule has 2 aromatic rings.